The van der Waals surface area contributed by atoms with Crippen LogP contribution in [0.25, 0.3) is 32.8 Å². The number of hydrogen-bond acceptors (Lipinski definition) is 5. The first-order valence-electron chi connectivity index (χ1n) is 8.09. The van der Waals surface area contributed by atoms with E-state index >= 15 is 0 Å². The van der Waals surface area contributed by atoms with Gasteiger partial charge in [0.2, 0.25) is 0 Å². The maximum atomic E-state index is 13.2. The van der Waals surface area contributed by atoms with Crippen molar-refractivity contribution in [3.63, 3.8) is 0 Å². The maximum Gasteiger partial charge on any atom is 0.183 e. The number of aromatic nitrogens is 2. The van der Waals surface area contributed by atoms with E-state index in [1.807, 2.05) is 12.1 Å². The Bertz CT molecular complexity index is 1010. The summed E-state index contributed by atoms with van der Waals surface area (Å²) in [6, 6.07) is 12.3. The second-order valence-electron chi connectivity index (χ2n) is 5.67. The van der Waals surface area contributed by atoms with Crippen LogP contribution in [0.4, 0.5) is 9.52 Å². The molecule has 2 aromatic heterocycles. The quantitative estimate of drug-likeness (QED) is 0.509. The van der Waals surface area contributed by atoms with Crippen molar-refractivity contribution < 1.29 is 8.81 Å². The summed E-state index contributed by atoms with van der Waals surface area (Å²) in [4.78, 5) is 8.89. The van der Waals surface area contributed by atoms with Crippen molar-refractivity contribution >= 4 is 26.7 Å². The Morgan fingerprint density at radius 3 is 2.72 bits per heavy atom. The van der Waals surface area contributed by atoms with E-state index in [1.165, 1.54) is 18.5 Å². The molecule has 6 heteroatoms. The van der Waals surface area contributed by atoms with E-state index in [2.05, 4.69) is 28.3 Å². The number of anilines is 1. The minimum atomic E-state index is -0.271. The van der Waals surface area contributed by atoms with Crippen molar-refractivity contribution in [3.05, 3.63) is 54.7 Å². The molecule has 0 atom stereocenters. The molecule has 0 unspecified atom stereocenters. The Labute approximate surface area is 148 Å². The third kappa shape index (κ3) is 3.13. The summed E-state index contributed by atoms with van der Waals surface area (Å²) in [7, 11) is 0. The maximum absolute atomic E-state index is 13.2. The van der Waals surface area contributed by atoms with Crippen LogP contribution >= 0.6 is 11.3 Å². The smallest absolute Gasteiger partial charge is 0.183 e. The van der Waals surface area contributed by atoms with E-state index < -0.39 is 0 Å². The van der Waals surface area contributed by atoms with Crippen LogP contribution in [0, 0.1) is 5.82 Å². The molecule has 0 aliphatic heterocycles. The van der Waals surface area contributed by atoms with Crippen LogP contribution in [0.15, 0.2) is 53.3 Å². The lowest BCUT2D eigenvalue weighted by Gasteiger charge is -2.02. The van der Waals surface area contributed by atoms with Crippen LogP contribution in [0.5, 0.6) is 0 Å². The summed E-state index contributed by atoms with van der Waals surface area (Å²) in [5.74, 6) is 0.400. The molecule has 0 bridgehead atoms. The number of nitrogens with zero attached hydrogens (tertiary/aromatic N) is 2. The summed E-state index contributed by atoms with van der Waals surface area (Å²) in [5.41, 5.74) is 3.40. The van der Waals surface area contributed by atoms with Gasteiger partial charge in [-0.05, 0) is 48.9 Å². The molecule has 4 nitrogen and oxygen atoms in total. The van der Waals surface area contributed by atoms with Crippen molar-refractivity contribution in [1.29, 1.82) is 0 Å². The zero-order valence-corrected chi connectivity index (χ0v) is 14.4. The number of thiazole rings is 1. The molecule has 0 fully saturated rings. The topological polar surface area (TPSA) is 51.0 Å². The van der Waals surface area contributed by atoms with Gasteiger partial charge >= 0.3 is 0 Å². The predicted octanol–water partition coefficient (Wildman–Crippen LogP) is 5.58. The monoisotopic (exact) mass is 353 g/mol. The van der Waals surface area contributed by atoms with Crippen molar-refractivity contribution in [2.75, 3.05) is 11.9 Å². The normalized spacial score (nSPS) is 11.1. The highest BCUT2D eigenvalue weighted by Gasteiger charge is 2.14. The van der Waals surface area contributed by atoms with Gasteiger partial charge in [0.05, 0.1) is 10.2 Å². The average Bonchev–Trinajstić information content (AvgIpc) is 3.26. The highest BCUT2D eigenvalue weighted by atomic mass is 32.1. The van der Waals surface area contributed by atoms with Crippen LogP contribution in [-0.4, -0.2) is 16.5 Å². The van der Waals surface area contributed by atoms with E-state index in [9.17, 15) is 4.39 Å². The largest absolute Gasteiger partial charge is 0.443 e. The Kier molecular flexibility index (Phi) is 4.19. The third-order valence-electron chi connectivity index (χ3n) is 3.86. The second-order valence-corrected chi connectivity index (χ2v) is 6.70. The minimum absolute atomic E-state index is 0.271. The Hall–Kier alpha value is -2.73. The fourth-order valence-corrected chi connectivity index (χ4v) is 3.57. The molecule has 0 aliphatic carbocycles. The number of fused-ring (bicyclic) bond motifs is 1. The van der Waals surface area contributed by atoms with Crippen LogP contribution < -0.4 is 5.32 Å². The first-order chi connectivity index (χ1) is 12.2. The number of oxazole rings is 1. The summed E-state index contributed by atoms with van der Waals surface area (Å²) in [6.45, 7) is 3.03. The zero-order chi connectivity index (χ0) is 17.2. The molecular formula is C19H16FN3OS. The summed E-state index contributed by atoms with van der Waals surface area (Å²) in [5, 5.41) is 4.24. The highest BCUT2D eigenvalue weighted by molar-refractivity contribution is 7.22. The Morgan fingerprint density at radius 2 is 1.92 bits per heavy atom. The lowest BCUT2D eigenvalue weighted by Crippen LogP contribution is -1.98. The van der Waals surface area contributed by atoms with Crippen LogP contribution in [0.2, 0.25) is 0 Å². The SMILES string of the molecule is CCCNc1nc2ccc(-c3ocnc3-c3ccc(F)cc3)cc2s1. The van der Waals surface area contributed by atoms with Gasteiger partial charge in [-0.25, -0.2) is 14.4 Å². The van der Waals surface area contributed by atoms with Gasteiger partial charge in [0.1, 0.15) is 11.5 Å². The molecule has 4 aromatic rings. The molecule has 0 spiro atoms. The fraction of sp³-hybridized carbons (Fsp3) is 0.158. The Morgan fingerprint density at radius 1 is 1.12 bits per heavy atom. The average molecular weight is 353 g/mol. The minimum Gasteiger partial charge on any atom is -0.443 e. The van der Waals surface area contributed by atoms with E-state index in [-0.39, 0.29) is 5.82 Å². The molecule has 4 rings (SSSR count). The molecule has 0 amide bonds. The molecule has 1 N–H and O–H groups in total. The number of hydrogen-bond donors (Lipinski definition) is 1. The highest BCUT2D eigenvalue weighted by Crippen LogP contribution is 2.35. The Balaban J connectivity index is 1.72. The summed E-state index contributed by atoms with van der Waals surface area (Å²) in [6.07, 6.45) is 2.47. The van der Waals surface area contributed by atoms with Crippen LogP contribution in [0.3, 0.4) is 0 Å². The molecule has 126 valence electrons. The molecule has 0 saturated carbocycles. The van der Waals surface area contributed by atoms with Gasteiger partial charge < -0.3 is 9.73 Å². The number of nitrogens with one attached hydrogen (secondary N) is 1. The van der Waals surface area contributed by atoms with E-state index in [0.717, 1.165) is 39.4 Å². The summed E-state index contributed by atoms with van der Waals surface area (Å²) < 4.78 is 19.9. The molecular weight excluding hydrogens is 337 g/mol. The lowest BCUT2D eigenvalue weighted by atomic mass is 10.1. The van der Waals surface area contributed by atoms with E-state index in [1.54, 1.807) is 23.5 Å². The van der Waals surface area contributed by atoms with Crippen LogP contribution in [-0.2, 0) is 0 Å². The van der Waals surface area contributed by atoms with Gasteiger partial charge in [-0.15, -0.1) is 0 Å². The first kappa shape index (κ1) is 15.8. The first-order valence-corrected chi connectivity index (χ1v) is 8.90. The molecule has 0 saturated heterocycles. The number of benzene rings is 2. The molecule has 2 aromatic carbocycles. The lowest BCUT2D eigenvalue weighted by molar-refractivity contribution is 0.572. The van der Waals surface area contributed by atoms with Crippen molar-refractivity contribution in [1.82, 2.24) is 9.97 Å². The van der Waals surface area contributed by atoms with Gasteiger partial charge in [0, 0.05) is 17.7 Å². The van der Waals surface area contributed by atoms with Crippen molar-refractivity contribution in [2.24, 2.45) is 0 Å². The van der Waals surface area contributed by atoms with Gasteiger partial charge in [-0.2, -0.15) is 0 Å². The third-order valence-corrected chi connectivity index (χ3v) is 4.84. The number of halogens is 1. The standard InChI is InChI=1S/C19H16FN3OS/c1-2-9-21-19-23-15-8-5-13(10-16(15)25-19)18-17(22-11-24-18)12-3-6-14(20)7-4-12/h3-8,10-11H,2,9H2,1H3,(H,21,23). The predicted molar refractivity (Wildman–Crippen MR) is 99.3 cm³/mol. The van der Waals surface area contributed by atoms with Gasteiger partial charge in [0.25, 0.3) is 0 Å². The van der Waals surface area contributed by atoms with E-state index in [0.29, 0.717) is 11.5 Å². The molecule has 0 radical (unpaired) electrons. The molecule has 0 aliphatic rings. The van der Waals surface area contributed by atoms with Crippen molar-refractivity contribution in [2.45, 2.75) is 13.3 Å². The van der Waals surface area contributed by atoms with Crippen molar-refractivity contribution in [3.8, 4) is 22.6 Å². The molecule has 25 heavy (non-hydrogen) atoms. The molecule has 2 heterocycles. The van der Waals surface area contributed by atoms with Crippen LogP contribution in [0.1, 0.15) is 13.3 Å². The second kappa shape index (κ2) is 6.64. The van der Waals surface area contributed by atoms with Gasteiger partial charge in [0.15, 0.2) is 17.3 Å². The van der Waals surface area contributed by atoms with E-state index in [4.69, 9.17) is 4.42 Å². The van der Waals surface area contributed by atoms with Gasteiger partial charge in [-0.3, -0.25) is 0 Å². The number of rotatable bonds is 5. The summed E-state index contributed by atoms with van der Waals surface area (Å²) >= 11 is 1.62. The fourth-order valence-electron chi connectivity index (χ4n) is 2.64. The zero-order valence-electron chi connectivity index (χ0n) is 13.6. The van der Waals surface area contributed by atoms with Gasteiger partial charge in [-0.1, -0.05) is 18.3 Å².